The van der Waals surface area contributed by atoms with Gasteiger partial charge in [-0.2, -0.15) is 0 Å². The van der Waals surface area contributed by atoms with E-state index in [1.807, 2.05) is 30.5 Å². The van der Waals surface area contributed by atoms with Gasteiger partial charge in [0.2, 0.25) is 15.9 Å². The monoisotopic (exact) mass is 495 g/mol. The molecule has 2 aromatic heterocycles. The van der Waals surface area contributed by atoms with Gasteiger partial charge in [0.1, 0.15) is 5.82 Å². The second-order valence-corrected chi connectivity index (χ2v) is 11.0. The van der Waals surface area contributed by atoms with Gasteiger partial charge in [0.15, 0.2) is 0 Å². The summed E-state index contributed by atoms with van der Waals surface area (Å²) in [6, 6.07) is 13.1. The Morgan fingerprint density at radius 1 is 1.06 bits per heavy atom. The lowest BCUT2D eigenvalue weighted by Crippen LogP contribution is -2.22. The molecule has 186 valence electrons. The predicted octanol–water partition coefficient (Wildman–Crippen LogP) is 4.63. The molecule has 0 radical (unpaired) electrons. The van der Waals surface area contributed by atoms with Crippen LogP contribution in [0.25, 0.3) is 21.9 Å². The molecule has 0 aliphatic heterocycles. The molecular weight excluding hydrogens is 462 g/mol. The van der Waals surface area contributed by atoms with Gasteiger partial charge < -0.3 is 14.5 Å². The first-order valence-corrected chi connectivity index (χ1v) is 13.5. The molecule has 0 fully saturated rings. The highest BCUT2D eigenvalue weighted by Crippen LogP contribution is 2.24. The van der Waals surface area contributed by atoms with Crippen molar-refractivity contribution in [2.24, 2.45) is 0 Å². The van der Waals surface area contributed by atoms with Gasteiger partial charge >= 0.3 is 0 Å². The maximum Gasteiger partial charge on any atom is 0.242 e. The Bertz CT molecular complexity index is 1470. The van der Waals surface area contributed by atoms with Crippen LogP contribution >= 0.6 is 0 Å². The lowest BCUT2D eigenvalue weighted by Gasteiger charge is -2.11. The summed E-state index contributed by atoms with van der Waals surface area (Å²) in [7, 11) is -0.518. The van der Waals surface area contributed by atoms with Gasteiger partial charge in [0, 0.05) is 62.8 Å². The molecule has 0 saturated heterocycles. The van der Waals surface area contributed by atoms with Gasteiger partial charge in [-0.05, 0) is 55.8 Å². The standard InChI is InChI=1S/C26H33N5O3S/c1-5-7-15-31-24-11-9-21(35(33,34)29(3)4)18-22(24)28-25(31)12-13-26(32)27-20-8-10-23-19(17-20)14-16-30(23)6-2/h8-11,14,16-18H,5-7,12-13,15H2,1-4H3,(H,27,32). The quantitative estimate of drug-likeness (QED) is 0.347. The van der Waals surface area contributed by atoms with Crippen molar-refractivity contribution in [3.8, 4) is 0 Å². The van der Waals surface area contributed by atoms with Crippen LogP contribution < -0.4 is 5.32 Å². The molecular formula is C26H33N5O3S. The Labute approximate surface area is 206 Å². The number of rotatable bonds is 10. The summed E-state index contributed by atoms with van der Waals surface area (Å²) in [5.74, 6) is 0.711. The first-order chi connectivity index (χ1) is 16.7. The van der Waals surface area contributed by atoms with E-state index in [4.69, 9.17) is 4.98 Å². The van der Waals surface area contributed by atoms with Gasteiger partial charge in [0.25, 0.3) is 0 Å². The Morgan fingerprint density at radius 3 is 2.54 bits per heavy atom. The fraction of sp³-hybridized carbons (Fsp3) is 0.385. The van der Waals surface area contributed by atoms with Crippen molar-refractivity contribution in [1.29, 1.82) is 0 Å². The maximum absolute atomic E-state index is 12.7. The Hall–Kier alpha value is -3.17. The van der Waals surface area contributed by atoms with Crippen molar-refractivity contribution in [2.75, 3.05) is 19.4 Å². The molecule has 1 N–H and O–H groups in total. The van der Waals surface area contributed by atoms with E-state index in [1.54, 1.807) is 12.1 Å². The molecule has 35 heavy (non-hydrogen) atoms. The minimum Gasteiger partial charge on any atom is -0.348 e. The summed E-state index contributed by atoms with van der Waals surface area (Å²) in [6.07, 6.45) is 4.79. The number of aromatic nitrogens is 3. The Kier molecular flexibility index (Phi) is 7.28. The number of amides is 1. The molecule has 0 bridgehead atoms. The fourth-order valence-electron chi connectivity index (χ4n) is 4.29. The number of hydrogen-bond donors (Lipinski definition) is 1. The third kappa shape index (κ3) is 5.11. The summed E-state index contributed by atoms with van der Waals surface area (Å²) < 4.78 is 30.6. The highest BCUT2D eigenvalue weighted by molar-refractivity contribution is 7.89. The lowest BCUT2D eigenvalue weighted by atomic mass is 10.2. The minimum atomic E-state index is -3.55. The van der Waals surface area contributed by atoms with Crippen LogP contribution in [0.2, 0.25) is 0 Å². The number of carbonyl (C=O) groups excluding carboxylic acids is 1. The van der Waals surface area contributed by atoms with Crippen LogP contribution in [0.5, 0.6) is 0 Å². The summed E-state index contributed by atoms with van der Waals surface area (Å²) in [5.41, 5.74) is 3.43. The SMILES string of the molecule is CCCCn1c(CCC(=O)Nc2ccc3c(ccn3CC)c2)nc2cc(S(=O)(=O)N(C)C)ccc21. The number of hydrogen-bond acceptors (Lipinski definition) is 4. The average molecular weight is 496 g/mol. The molecule has 2 heterocycles. The minimum absolute atomic E-state index is 0.0794. The summed E-state index contributed by atoms with van der Waals surface area (Å²) in [5, 5.41) is 4.09. The van der Waals surface area contributed by atoms with Crippen molar-refractivity contribution in [2.45, 2.75) is 57.5 Å². The molecule has 0 aliphatic carbocycles. The highest BCUT2D eigenvalue weighted by Gasteiger charge is 2.20. The summed E-state index contributed by atoms with van der Waals surface area (Å²) in [6.45, 7) is 5.90. The largest absolute Gasteiger partial charge is 0.348 e. The van der Waals surface area contributed by atoms with Crippen LogP contribution in [0.3, 0.4) is 0 Å². The number of nitrogens with zero attached hydrogens (tertiary/aromatic N) is 4. The number of imidazole rings is 1. The third-order valence-electron chi connectivity index (χ3n) is 6.28. The molecule has 0 atom stereocenters. The maximum atomic E-state index is 12.7. The van der Waals surface area contributed by atoms with Crippen LogP contribution in [0.1, 0.15) is 38.9 Å². The summed E-state index contributed by atoms with van der Waals surface area (Å²) in [4.78, 5) is 17.7. The number of unbranched alkanes of at least 4 members (excludes halogenated alkanes) is 1. The molecule has 4 aromatic rings. The van der Waals surface area contributed by atoms with Crippen LogP contribution in [0, 0.1) is 0 Å². The lowest BCUT2D eigenvalue weighted by molar-refractivity contribution is -0.116. The zero-order valence-electron chi connectivity index (χ0n) is 20.8. The molecule has 1 amide bonds. The van der Waals surface area contributed by atoms with Crippen LogP contribution in [0.15, 0.2) is 53.6 Å². The van der Waals surface area contributed by atoms with E-state index in [0.29, 0.717) is 11.9 Å². The molecule has 2 aromatic carbocycles. The number of benzene rings is 2. The van der Waals surface area contributed by atoms with Gasteiger partial charge in [-0.15, -0.1) is 0 Å². The first-order valence-electron chi connectivity index (χ1n) is 12.0. The van der Waals surface area contributed by atoms with Crippen molar-refractivity contribution < 1.29 is 13.2 Å². The fourth-order valence-corrected chi connectivity index (χ4v) is 5.21. The second-order valence-electron chi connectivity index (χ2n) is 8.89. The molecule has 0 spiro atoms. The predicted molar refractivity (Wildman–Crippen MR) is 140 cm³/mol. The molecule has 8 nitrogen and oxygen atoms in total. The van der Waals surface area contributed by atoms with Crippen molar-refractivity contribution in [1.82, 2.24) is 18.4 Å². The van der Waals surface area contributed by atoms with Crippen LogP contribution in [-0.2, 0) is 34.3 Å². The zero-order valence-corrected chi connectivity index (χ0v) is 21.6. The van der Waals surface area contributed by atoms with Gasteiger partial charge in [0.05, 0.1) is 15.9 Å². The molecule has 9 heteroatoms. The van der Waals surface area contributed by atoms with E-state index in [0.717, 1.165) is 53.9 Å². The topological polar surface area (TPSA) is 89.2 Å². The number of fused-ring (bicyclic) bond motifs is 2. The van der Waals surface area contributed by atoms with Gasteiger partial charge in [-0.1, -0.05) is 13.3 Å². The van der Waals surface area contributed by atoms with E-state index in [1.165, 1.54) is 18.4 Å². The Morgan fingerprint density at radius 2 is 1.83 bits per heavy atom. The van der Waals surface area contributed by atoms with Crippen molar-refractivity contribution >= 4 is 43.6 Å². The smallest absolute Gasteiger partial charge is 0.242 e. The molecule has 4 rings (SSSR count). The number of anilines is 1. The zero-order chi connectivity index (χ0) is 25.2. The first kappa shape index (κ1) is 24.9. The number of aryl methyl sites for hydroxylation is 3. The van der Waals surface area contributed by atoms with E-state index in [2.05, 4.69) is 34.4 Å². The highest BCUT2D eigenvalue weighted by atomic mass is 32.2. The van der Waals surface area contributed by atoms with Gasteiger partial charge in [-0.25, -0.2) is 17.7 Å². The number of carbonyl (C=O) groups is 1. The average Bonchev–Trinajstić information content (AvgIpc) is 3.40. The van der Waals surface area contributed by atoms with E-state index < -0.39 is 10.0 Å². The molecule has 0 saturated carbocycles. The van der Waals surface area contributed by atoms with Crippen LogP contribution in [0.4, 0.5) is 5.69 Å². The molecule has 0 unspecified atom stereocenters. The number of sulfonamides is 1. The third-order valence-corrected chi connectivity index (χ3v) is 8.09. The van der Waals surface area contributed by atoms with E-state index in [9.17, 15) is 13.2 Å². The van der Waals surface area contributed by atoms with E-state index >= 15 is 0 Å². The molecule has 0 aliphatic rings. The van der Waals surface area contributed by atoms with Gasteiger partial charge in [-0.3, -0.25) is 4.79 Å². The van der Waals surface area contributed by atoms with Crippen LogP contribution in [-0.4, -0.2) is 46.8 Å². The van der Waals surface area contributed by atoms with Crippen molar-refractivity contribution in [3.63, 3.8) is 0 Å². The van der Waals surface area contributed by atoms with E-state index in [-0.39, 0.29) is 17.2 Å². The Balaban J connectivity index is 1.53. The summed E-state index contributed by atoms with van der Waals surface area (Å²) >= 11 is 0. The second kappa shape index (κ2) is 10.2. The normalized spacial score (nSPS) is 12.1. The number of nitrogens with one attached hydrogen (secondary N) is 1. The van der Waals surface area contributed by atoms with Crippen molar-refractivity contribution in [3.05, 3.63) is 54.5 Å².